The van der Waals surface area contributed by atoms with Crippen molar-refractivity contribution < 1.29 is 21.6 Å². The van der Waals surface area contributed by atoms with Gasteiger partial charge in [-0.15, -0.1) is 13.2 Å². The zero-order valence-electron chi connectivity index (χ0n) is 13.6. The molecular formula is C17H15F3N3O2S. The van der Waals surface area contributed by atoms with Gasteiger partial charge in [0.05, 0.1) is 10.6 Å². The summed E-state index contributed by atoms with van der Waals surface area (Å²) in [7, 11) is -4.07. The van der Waals surface area contributed by atoms with Gasteiger partial charge in [-0.1, -0.05) is 36.4 Å². The van der Waals surface area contributed by atoms with E-state index in [9.17, 15) is 21.6 Å². The largest absolute Gasteiger partial charge is 0.505 e. The van der Waals surface area contributed by atoms with Crippen molar-refractivity contribution in [2.24, 2.45) is 5.14 Å². The number of sulfonamides is 1. The van der Waals surface area contributed by atoms with Crippen molar-refractivity contribution >= 4 is 15.6 Å². The summed E-state index contributed by atoms with van der Waals surface area (Å²) in [6, 6.07) is 7.23. The van der Waals surface area contributed by atoms with Crippen molar-refractivity contribution in [2.75, 3.05) is 0 Å². The van der Waals surface area contributed by atoms with Crippen LogP contribution in [0.25, 0.3) is 5.57 Å². The Hall–Kier alpha value is -2.39. The van der Waals surface area contributed by atoms with E-state index in [0.29, 0.717) is 0 Å². The van der Waals surface area contributed by atoms with Gasteiger partial charge in [-0.05, 0) is 30.2 Å². The van der Waals surface area contributed by atoms with E-state index in [0.717, 1.165) is 6.20 Å². The molecule has 1 aromatic heterocycles. The minimum atomic E-state index is -4.71. The number of halogens is 3. The van der Waals surface area contributed by atoms with Gasteiger partial charge in [0, 0.05) is 18.0 Å². The third kappa shape index (κ3) is 3.08. The molecule has 0 fully saturated rings. The number of aromatic nitrogens is 2. The number of allylic oxidation sites excluding steroid dienone is 4. The molecule has 26 heavy (non-hydrogen) atoms. The van der Waals surface area contributed by atoms with Crippen molar-refractivity contribution in [1.29, 1.82) is 0 Å². The standard InChI is InChI=1S/C17H15F3N3O2S/c1-16(13-7-2-3-8-15(13)26(21,24)25)10-5-4-6-12(16)14-9-11-22-23(14)17(18,19)20/h2-11H,1H3,(H2,21,24,25). The first-order valence-corrected chi connectivity index (χ1v) is 9.07. The van der Waals surface area contributed by atoms with E-state index in [1.807, 2.05) is 0 Å². The van der Waals surface area contributed by atoms with Gasteiger partial charge in [-0.2, -0.15) is 9.78 Å². The molecule has 5 nitrogen and oxygen atoms in total. The molecule has 0 bridgehead atoms. The molecule has 1 aliphatic carbocycles. The molecule has 1 aromatic carbocycles. The zero-order chi connectivity index (χ0) is 19.2. The third-order valence-electron chi connectivity index (χ3n) is 4.28. The number of alkyl halides is 3. The Bertz CT molecular complexity index is 1010. The van der Waals surface area contributed by atoms with Crippen molar-refractivity contribution in [1.82, 2.24) is 9.78 Å². The molecule has 2 aromatic rings. The molecule has 2 N–H and O–H groups in total. The van der Waals surface area contributed by atoms with E-state index in [1.165, 1.54) is 30.3 Å². The molecule has 0 amide bonds. The molecule has 0 saturated heterocycles. The molecule has 0 aliphatic heterocycles. The molecule has 0 spiro atoms. The van der Waals surface area contributed by atoms with Crippen LogP contribution in [0.15, 0.2) is 59.7 Å². The summed E-state index contributed by atoms with van der Waals surface area (Å²) in [4.78, 5) is -0.141. The average Bonchev–Trinajstić information content (AvgIpc) is 3.04. The van der Waals surface area contributed by atoms with Crippen LogP contribution in [0.1, 0.15) is 18.2 Å². The second-order valence-corrected chi connectivity index (χ2v) is 7.50. The normalized spacial score (nSPS) is 20.9. The highest BCUT2D eigenvalue weighted by atomic mass is 32.2. The van der Waals surface area contributed by atoms with Crippen molar-refractivity contribution in [3.63, 3.8) is 0 Å². The van der Waals surface area contributed by atoms with Crippen LogP contribution in [0.2, 0.25) is 0 Å². The number of nitrogens with two attached hydrogens (primary N) is 1. The highest BCUT2D eigenvalue weighted by Crippen LogP contribution is 2.45. The fraction of sp³-hybridized carbons (Fsp3) is 0.176. The summed E-state index contributed by atoms with van der Waals surface area (Å²) in [5.74, 6) is 0. The maximum atomic E-state index is 13.3. The van der Waals surface area contributed by atoms with Crippen LogP contribution in [0.5, 0.6) is 0 Å². The van der Waals surface area contributed by atoms with Gasteiger partial charge in [0.25, 0.3) is 0 Å². The minimum absolute atomic E-state index is 0.0381. The molecule has 1 unspecified atom stereocenters. The van der Waals surface area contributed by atoms with Gasteiger partial charge in [-0.25, -0.2) is 13.6 Å². The van der Waals surface area contributed by atoms with E-state index in [-0.39, 0.29) is 26.4 Å². The monoisotopic (exact) mass is 382 g/mol. The van der Waals surface area contributed by atoms with Gasteiger partial charge in [0.1, 0.15) is 0 Å². The number of rotatable bonds is 3. The number of nitrogens with zero attached hydrogens (tertiary/aromatic N) is 2. The number of primary sulfonamides is 1. The molecule has 137 valence electrons. The number of hydrogen-bond acceptors (Lipinski definition) is 3. The highest BCUT2D eigenvalue weighted by molar-refractivity contribution is 7.89. The molecular weight excluding hydrogens is 367 g/mol. The third-order valence-corrected chi connectivity index (χ3v) is 5.24. The molecule has 0 saturated carbocycles. The first kappa shape index (κ1) is 18.4. The fourth-order valence-electron chi connectivity index (χ4n) is 3.10. The quantitative estimate of drug-likeness (QED) is 0.886. The Balaban J connectivity index is 2.25. The average molecular weight is 382 g/mol. The van der Waals surface area contributed by atoms with Crippen molar-refractivity contribution in [2.45, 2.75) is 23.5 Å². The van der Waals surface area contributed by atoms with Crippen molar-refractivity contribution in [3.05, 3.63) is 72.4 Å². The first-order chi connectivity index (χ1) is 12.0. The van der Waals surface area contributed by atoms with Gasteiger partial charge in [-0.3, -0.25) is 0 Å². The lowest BCUT2D eigenvalue weighted by molar-refractivity contribution is -0.212. The topological polar surface area (TPSA) is 78.0 Å². The van der Waals surface area contributed by atoms with Crippen LogP contribution in [0.4, 0.5) is 13.2 Å². The molecule has 3 rings (SSSR count). The molecule has 1 aliphatic rings. The van der Waals surface area contributed by atoms with Crippen LogP contribution < -0.4 is 5.14 Å². The summed E-state index contributed by atoms with van der Waals surface area (Å²) in [6.07, 6.45) is 2.73. The van der Waals surface area contributed by atoms with Gasteiger partial charge < -0.3 is 0 Å². The Labute approximate surface area is 148 Å². The number of hydrogen-bond donors (Lipinski definition) is 1. The van der Waals surface area contributed by atoms with E-state index < -0.39 is 21.7 Å². The maximum absolute atomic E-state index is 13.3. The lowest BCUT2D eigenvalue weighted by Gasteiger charge is -2.34. The molecule has 1 heterocycles. The van der Waals surface area contributed by atoms with E-state index in [1.54, 1.807) is 31.6 Å². The van der Waals surface area contributed by atoms with Crippen molar-refractivity contribution in [3.8, 4) is 0 Å². The van der Waals surface area contributed by atoms with Gasteiger partial charge >= 0.3 is 6.30 Å². The zero-order valence-corrected chi connectivity index (χ0v) is 14.4. The minimum Gasteiger partial charge on any atom is -0.225 e. The van der Waals surface area contributed by atoms with Gasteiger partial charge in [0.15, 0.2) is 0 Å². The lowest BCUT2D eigenvalue weighted by atomic mass is 9.72. The lowest BCUT2D eigenvalue weighted by Crippen LogP contribution is -2.30. The summed E-state index contributed by atoms with van der Waals surface area (Å²) in [5.41, 5.74) is -0.787. The van der Waals surface area contributed by atoms with Gasteiger partial charge in [0.2, 0.25) is 10.0 Å². The van der Waals surface area contributed by atoms with Crippen LogP contribution in [-0.4, -0.2) is 18.2 Å². The second kappa shape index (κ2) is 6.10. The fourth-order valence-corrected chi connectivity index (χ4v) is 3.96. The van der Waals surface area contributed by atoms with E-state index in [4.69, 9.17) is 5.14 Å². The first-order valence-electron chi connectivity index (χ1n) is 7.52. The molecule has 1 atom stereocenters. The Morgan fingerprint density at radius 1 is 1.19 bits per heavy atom. The van der Waals surface area contributed by atoms with E-state index in [2.05, 4.69) is 5.10 Å². The van der Waals surface area contributed by atoms with E-state index >= 15 is 0 Å². The summed E-state index contributed by atoms with van der Waals surface area (Å²) in [6.45, 7) is 1.64. The molecule has 9 heteroatoms. The Kier molecular flexibility index (Phi) is 4.32. The smallest absolute Gasteiger partial charge is 0.225 e. The summed E-state index contributed by atoms with van der Waals surface area (Å²) < 4.78 is 63.8. The van der Waals surface area contributed by atoms with Crippen LogP contribution >= 0.6 is 0 Å². The van der Waals surface area contributed by atoms with Crippen LogP contribution in [0.3, 0.4) is 0 Å². The highest BCUT2D eigenvalue weighted by Gasteiger charge is 2.40. The Morgan fingerprint density at radius 2 is 1.88 bits per heavy atom. The maximum Gasteiger partial charge on any atom is 0.505 e. The SMILES string of the molecule is CC1(c2ccccc2S(N)(=O)=O)C=C[CH]C=C1c1ccnn1C(F)(F)F. The van der Waals surface area contributed by atoms with Crippen LogP contribution in [-0.2, 0) is 21.7 Å². The van der Waals surface area contributed by atoms with Crippen LogP contribution in [0, 0.1) is 6.42 Å². The summed E-state index contributed by atoms with van der Waals surface area (Å²) in [5, 5.41) is 8.67. The molecule has 1 radical (unpaired) electrons. The summed E-state index contributed by atoms with van der Waals surface area (Å²) >= 11 is 0. The second-order valence-electron chi connectivity index (χ2n) is 5.97. The predicted octanol–water partition coefficient (Wildman–Crippen LogP) is 3.12. The number of benzene rings is 1. The predicted molar refractivity (Wildman–Crippen MR) is 90.1 cm³/mol. The Morgan fingerprint density at radius 3 is 2.54 bits per heavy atom.